The largest absolute Gasteiger partial charge is 0.444 e. The van der Waals surface area contributed by atoms with Crippen molar-refractivity contribution in [3.63, 3.8) is 0 Å². The zero-order valence-corrected chi connectivity index (χ0v) is 32.4. The molecule has 11 nitrogen and oxygen atoms in total. The molecule has 0 fully saturated rings. The summed E-state index contributed by atoms with van der Waals surface area (Å²) in [6.45, 7) is 9.18. The van der Waals surface area contributed by atoms with E-state index in [9.17, 15) is 14.4 Å². The van der Waals surface area contributed by atoms with E-state index in [1.54, 1.807) is 30.1 Å². The molecule has 0 spiro atoms. The number of amides is 4. The van der Waals surface area contributed by atoms with Crippen LogP contribution in [0.25, 0.3) is 0 Å². The molecule has 2 heterocycles. The molecule has 3 atom stereocenters. The third-order valence-electron chi connectivity index (χ3n) is 8.17. The van der Waals surface area contributed by atoms with Crippen LogP contribution in [0.15, 0.2) is 77.8 Å². The van der Waals surface area contributed by atoms with Gasteiger partial charge in [0, 0.05) is 43.2 Å². The topological polar surface area (TPSA) is 135 Å². The fourth-order valence-electron chi connectivity index (χ4n) is 5.45. The van der Waals surface area contributed by atoms with Crippen molar-refractivity contribution in [2.75, 3.05) is 20.3 Å². The number of hydrogen-bond acceptors (Lipinski definition) is 9. The first-order chi connectivity index (χ1) is 25.0. The first-order valence-corrected chi connectivity index (χ1v) is 19.5. The highest BCUT2D eigenvalue weighted by atomic mass is 32.1. The summed E-state index contributed by atoms with van der Waals surface area (Å²) in [5.74, 6) is 0.231. The third-order valence-corrected chi connectivity index (χ3v) is 10.1. The quantitative estimate of drug-likeness (QED) is 0.0891. The average Bonchev–Trinajstić information content (AvgIpc) is 3.83. The van der Waals surface area contributed by atoms with Crippen LogP contribution in [0.5, 0.6) is 0 Å². The lowest BCUT2D eigenvalue weighted by Gasteiger charge is -2.27. The zero-order chi connectivity index (χ0) is 37.3. The van der Waals surface area contributed by atoms with Gasteiger partial charge in [-0.3, -0.25) is 9.78 Å². The smallest absolute Gasteiger partial charge is 0.407 e. The molecule has 0 unspecified atom stereocenters. The Morgan fingerprint density at radius 2 is 1.46 bits per heavy atom. The fourth-order valence-corrected chi connectivity index (χ4v) is 6.78. The molecule has 0 aliphatic heterocycles. The van der Waals surface area contributed by atoms with Crippen molar-refractivity contribution < 1.29 is 23.9 Å². The maximum Gasteiger partial charge on any atom is 0.407 e. The monoisotopic (exact) mass is 748 g/mol. The summed E-state index contributed by atoms with van der Waals surface area (Å²) in [6.07, 6.45) is 3.46. The number of ether oxygens (including phenoxy) is 2. The number of aromatic nitrogens is 2. The normalized spacial score (nSPS) is 13.0. The predicted molar refractivity (Wildman–Crippen MR) is 206 cm³/mol. The van der Waals surface area contributed by atoms with Gasteiger partial charge in [0.1, 0.15) is 12.6 Å². The van der Waals surface area contributed by atoms with Crippen molar-refractivity contribution >= 4 is 40.7 Å². The molecule has 0 aliphatic rings. The highest BCUT2D eigenvalue weighted by Gasteiger charge is 2.27. The highest BCUT2D eigenvalue weighted by molar-refractivity contribution is 7.09. The maximum atomic E-state index is 14.0. The van der Waals surface area contributed by atoms with Crippen LogP contribution in [0, 0.1) is 5.92 Å². The summed E-state index contributed by atoms with van der Waals surface area (Å²) < 4.78 is 11.4. The Morgan fingerprint density at radius 1 is 0.827 bits per heavy atom. The molecular formula is C39H52N6O5S2. The number of carbonyl (C=O) groups is 3. The lowest BCUT2D eigenvalue weighted by atomic mass is 9.96. The van der Waals surface area contributed by atoms with E-state index in [1.807, 2.05) is 79.9 Å². The van der Waals surface area contributed by atoms with E-state index in [0.717, 1.165) is 26.7 Å². The van der Waals surface area contributed by atoms with Crippen molar-refractivity contribution in [3.05, 3.63) is 104 Å². The molecule has 52 heavy (non-hydrogen) atoms. The number of alkyl carbamates (subject to hydrolysis) is 1. The third kappa shape index (κ3) is 14.4. The molecule has 280 valence electrons. The summed E-state index contributed by atoms with van der Waals surface area (Å²) in [5.41, 5.74) is 4.64. The molecule has 4 rings (SSSR count). The van der Waals surface area contributed by atoms with E-state index in [4.69, 9.17) is 9.47 Å². The molecule has 0 aliphatic carbocycles. The second kappa shape index (κ2) is 21.3. The lowest BCUT2D eigenvalue weighted by Crippen LogP contribution is -2.54. The standard InChI is InChI=1S/C39H52N6O5S2/c1-27(2)22-49-24-35(44-38(47)45(5)21-33-25-51-37(42-33)28(3)4)36(46)41-31(18-29-12-8-6-9-13-29)16-17-32(19-30-14-10-7-11-15-30)43-39(48)50-23-34-20-40-26-52-34/h6-15,20,25-28,31-32,35H,16-19,21-24H2,1-5H3,(H,41,46)(H,43,48)(H,44,47)/t31-,32-,35+/m1/s1. The van der Waals surface area contributed by atoms with Crippen LogP contribution in [-0.4, -0.2) is 71.3 Å². The SMILES string of the molecule is CC(C)COC[C@H](NC(=O)N(C)Cc1csc(C(C)C)n1)C(=O)N[C@H](CC[C@H](Cc1ccccc1)NC(=O)OCc1cncs1)Cc1ccccc1. The van der Waals surface area contributed by atoms with Gasteiger partial charge < -0.3 is 30.3 Å². The van der Waals surface area contributed by atoms with Crippen LogP contribution >= 0.6 is 22.7 Å². The van der Waals surface area contributed by atoms with E-state index in [2.05, 4.69) is 39.8 Å². The lowest BCUT2D eigenvalue weighted by molar-refractivity contribution is -0.125. The van der Waals surface area contributed by atoms with Crippen molar-refractivity contribution in [1.29, 1.82) is 0 Å². The molecule has 4 amide bonds. The van der Waals surface area contributed by atoms with E-state index in [0.29, 0.717) is 44.8 Å². The average molecular weight is 749 g/mol. The Hall–Kier alpha value is -4.33. The number of hydrogen-bond donors (Lipinski definition) is 3. The Morgan fingerprint density at radius 3 is 2.02 bits per heavy atom. The van der Waals surface area contributed by atoms with E-state index < -0.39 is 18.2 Å². The molecule has 2 aromatic carbocycles. The van der Waals surface area contributed by atoms with Gasteiger partial charge in [0.2, 0.25) is 5.91 Å². The second-order valence-electron chi connectivity index (χ2n) is 13.7. The van der Waals surface area contributed by atoms with Gasteiger partial charge in [0.05, 0.1) is 34.2 Å². The Bertz CT molecular complexity index is 1640. The summed E-state index contributed by atoms with van der Waals surface area (Å²) in [4.78, 5) is 51.4. The van der Waals surface area contributed by atoms with Gasteiger partial charge in [-0.2, -0.15) is 0 Å². The molecule has 4 aromatic rings. The number of thiazole rings is 2. The van der Waals surface area contributed by atoms with Gasteiger partial charge in [-0.05, 0) is 42.7 Å². The minimum atomic E-state index is -0.923. The van der Waals surface area contributed by atoms with Gasteiger partial charge in [-0.1, -0.05) is 88.4 Å². The van der Waals surface area contributed by atoms with Crippen LogP contribution in [0.1, 0.15) is 73.2 Å². The number of nitrogens with one attached hydrogen (secondary N) is 3. The molecule has 0 bridgehead atoms. The molecule has 13 heteroatoms. The predicted octanol–water partition coefficient (Wildman–Crippen LogP) is 6.95. The van der Waals surface area contributed by atoms with E-state index >= 15 is 0 Å². The summed E-state index contributed by atoms with van der Waals surface area (Å²) in [6, 6.07) is 18.0. The molecule has 2 aromatic heterocycles. The number of rotatable bonds is 20. The van der Waals surface area contributed by atoms with Gasteiger partial charge >= 0.3 is 12.1 Å². The fraction of sp³-hybridized carbons (Fsp3) is 0.462. The van der Waals surface area contributed by atoms with Gasteiger partial charge in [0.25, 0.3) is 0 Å². The summed E-state index contributed by atoms with van der Waals surface area (Å²) >= 11 is 3.00. The Kier molecular flexibility index (Phi) is 16.5. The number of nitrogens with zero attached hydrogens (tertiary/aromatic N) is 3. The van der Waals surface area contributed by atoms with Crippen LogP contribution in [0.2, 0.25) is 0 Å². The highest BCUT2D eigenvalue weighted by Crippen LogP contribution is 2.20. The zero-order valence-electron chi connectivity index (χ0n) is 30.7. The van der Waals surface area contributed by atoms with Crippen molar-refractivity contribution in [2.24, 2.45) is 5.92 Å². The van der Waals surface area contributed by atoms with Gasteiger partial charge in [-0.25, -0.2) is 14.6 Å². The van der Waals surface area contributed by atoms with Crippen molar-refractivity contribution in [2.45, 2.75) is 90.6 Å². The molecule has 0 radical (unpaired) electrons. The number of benzene rings is 2. The van der Waals surface area contributed by atoms with Crippen LogP contribution in [-0.2, 0) is 40.3 Å². The van der Waals surface area contributed by atoms with E-state index in [1.165, 1.54) is 16.2 Å². The van der Waals surface area contributed by atoms with Gasteiger partial charge in [0.15, 0.2) is 0 Å². The first-order valence-electron chi connectivity index (χ1n) is 17.8. The Labute approximate surface area is 315 Å². The molecule has 0 saturated carbocycles. The molecule has 3 N–H and O–H groups in total. The first kappa shape index (κ1) is 40.4. The van der Waals surface area contributed by atoms with Crippen molar-refractivity contribution in [3.8, 4) is 0 Å². The second-order valence-corrected chi connectivity index (χ2v) is 15.5. The van der Waals surface area contributed by atoms with Crippen LogP contribution in [0.4, 0.5) is 9.59 Å². The molecule has 0 saturated heterocycles. The van der Waals surface area contributed by atoms with Crippen LogP contribution in [0.3, 0.4) is 0 Å². The van der Waals surface area contributed by atoms with Crippen molar-refractivity contribution in [1.82, 2.24) is 30.8 Å². The van der Waals surface area contributed by atoms with Gasteiger partial charge in [-0.15, -0.1) is 22.7 Å². The number of urea groups is 1. The summed E-state index contributed by atoms with van der Waals surface area (Å²) in [5, 5.41) is 12.2. The van der Waals surface area contributed by atoms with Crippen LogP contribution < -0.4 is 16.0 Å². The maximum absolute atomic E-state index is 14.0. The minimum absolute atomic E-state index is 0.0274. The summed E-state index contributed by atoms with van der Waals surface area (Å²) in [7, 11) is 1.69. The minimum Gasteiger partial charge on any atom is -0.444 e. The Balaban J connectivity index is 1.46. The number of carbonyl (C=O) groups excluding carboxylic acids is 3. The molecular weight excluding hydrogens is 697 g/mol. The van der Waals surface area contributed by atoms with E-state index in [-0.39, 0.29) is 37.1 Å².